The van der Waals surface area contributed by atoms with Crippen molar-refractivity contribution in [3.05, 3.63) is 40.6 Å². The number of fused-ring (bicyclic) bond motifs is 1. The molecule has 2 aliphatic rings. The van der Waals surface area contributed by atoms with E-state index in [-0.39, 0.29) is 4.90 Å². The van der Waals surface area contributed by atoms with Gasteiger partial charge in [0.25, 0.3) is 0 Å². The molecule has 0 atom stereocenters. The fourth-order valence-electron chi connectivity index (χ4n) is 4.56. The summed E-state index contributed by atoms with van der Waals surface area (Å²) in [7, 11) is -2.13. The van der Waals surface area contributed by atoms with Gasteiger partial charge in [-0.25, -0.2) is 23.2 Å². The molecular formula is C22H28N6O4S. The zero-order valence-electron chi connectivity index (χ0n) is 18.9. The zero-order chi connectivity index (χ0) is 23.2. The van der Waals surface area contributed by atoms with Crippen molar-refractivity contribution in [2.75, 3.05) is 49.1 Å². The van der Waals surface area contributed by atoms with Gasteiger partial charge in [0, 0.05) is 52.4 Å². The Morgan fingerprint density at radius 1 is 0.879 bits per heavy atom. The van der Waals surface area contributed by atoms with Gasteiger partial charge in [-0.05, 0) is 44.4 Å². The number of aryl methyl sites for hydroxylation is 2. The highest BCUT2D eigenvalue weighted by molar-refractivity contribution is 7.89. The molecule has 2 saturated heterocycles. The van der Waals surface area contributed by atoms with E-state index in [1.807, 2.05) is 13.0 Å². The second-order valence-corrected chi connectivity index (χ2v) is 10.6. The lowest BCUT2D eigenvalue weighted by Crippen LogP contribution is -2.49. The minimum atomic E-state index is -3.69. The molecule has 0 amide bonds. The third-order valence-corrected chi connectivity index (χ3v) is 8.35. The Morgan fingerprint density at radius 2 is 1.52 bits per heavy atom. The quantitative estimate of drug-likeness (QED) is 0.565. The summed E-state index contributed by atoms with van der Waals surface area (Å²) >= 11 is 0. The maximum Gasteiger partial charge on any atom is 0.419 e. The summed E-state index contributed by atoms with van der Waals surface area (Å²) in [4.78, 5) is 25.6. The molecule has 0 unspecified atom stereocenters. The van der Waals surface area contributed by atoms with Crippen LogP contribution in [-0.4, -0.2) is 66.5 Å². The van der Waals surface area contributed by atoms with Crippen molar-refractivity contribution < 1.29 is 12.8 Å². The minimum absolute atomic E-state index is 0.158. The molecule has 5 rings (SSSR count). The standard InChI is InChI=1S/C22H28N6O4S/c1-16-23-20(26-8-4-3-5-9-26)15-21(24-16)27-10-12-28(13-11-27)33(30,31)17-6-7-19-18(14-17)25(2)22(29)32-19/h6-7,14-15H,3-5,8-13H2,1-2H3. The summed E-state index contributed by atoms with van der Waals surface area (Å²) in [5.41, 5.74) is 0.830. The van der Waals surface area contributed by atoms with E-state index in [9.17, 15) is 13.2 Å². The molecule has 2 aromatic heterocycles. The van der Waals surface area contributed by atoms with E-state index in [0.29, 0.717) is 37.3 Å². The number of oxazole rings is 1. The van der Waals surface area contributed by atoms with Crippen molar-refractivity contribution in [2.45, 2.75) is 31.1 Å². The Morgan fingerprint density at radius 3 is 2.18 bits per heavy atom. The summed E-state index contributed by atoms with van der Waals surface area (Å²) in [5, 5.41) is 0. The molecular weight excluding hydrogens is 444 g/mol. The summed E-state index contributed by atoms with van der Waals surface area (Å²) < 4.78 is 34.4. The summed E-state index contributed by atoms with van der Waals surface area (Å²) in [6.07, 6.45) is 3.61. The van der Waals surface area contributed by atoms with E-state index >= 15 is 0 Å². The number of nitrogens with zero attached hydrogens (tertiary/aromatic N) is 6. The van der Waals surface area contributed by atoms with Crippen molar-refractivity contribution >= 4 is 32.8 Å². The third-order valence-electron chi connectivity index (χ3n) is 6.45. The first-order chi connectivity index (χ1) is 15.8. The Labute approximate surface area is 192 Å². The number of rotatable bonds is 4. The molecule has 1 aromatic carbocycles. The minimum Gasteiger partial charge on any atom is -0.408 e. The molecule has 0 radical (unpaired) electrons. The van der Waals surface area contributed by atoms with Crippen molar-refractivity contribution in [3.8, 4) is 0 Å². The van der Waals surface area contributed by atoms with Gasteiger partial charge < -0.3 is 14.2 Å². The molecule has 2 fully saturated rings. The predicted octanol–water partition coefficient (Wildman–Crippen LogP) is 1.73. The molecule has 0 aliphatic carbocycles. The van der Waals surface area contributed by atoms with Crippen LogP contribution in [0.2, 0.25) is 0 Å². The van der Waals surface area contributed by atoms with Gasteiger partial charge in [0.2, 0.25) is 10.0 Å². The third kappa shape index (κ3) is 4.10. The SMILES string of the molecule is Cc1nc(N2CCCCC2)cc(N2CCN(S(=O)(=O)c3ccc4oc(=O)n(C)c4c3)CC2)n1. The number of piperidine rings is 1. The van der Waals surface area contributed by atoms with E-state index in [2.05, 4.69) is 19.8 Å². The second kappa shape index (κ2) is 8.45. The number of sulfonamides is 1. The molecule has 0 saturated carbocycles. The Bertz CT molecular complexity index is 1330. The number of hydrogen-bond acceptors (Lipinski definition) is 8. The number of hydrogen-bond donors (Lipinski definition) is 0. The van der Waals surface area contributed by atoms with Gasteiger partial charge in [-0.3, -0.25) is 4.57 Å². The number of piperazine rings is 1. The summed E-state index contributed by atoms with van der Waals surface area (Å²) in [6.45, 7) is 5.71. The van der Waals surface area contributed by atoms with Crippen molar-refractivity contribution in [2.24, 2.45) is 7.05 Å². The summed E-state index contributed by atoms with van der Waals surface area (Å²) in [5.74, 6) is 2.00. The van der Waals surface area contributed by atoms with Crippen LogP contribution < -0.4 is 15.6 Å². The van der Waals surface area contributed by atoms with Crippen LogP contribution in [0.5, 0.6) is 0 Å². The highest BCUT2D eigenvalue weighted by atomic mass is 32.2. The normalized spacial score (nSPS) is 18.2. The molecule has 33 heavy (non-hydrogen) atoms. The maximum atomic E-state index is 13.3. The van der Waals surface area contributed by atoms with Crippen LogP contribution in [-0.2, 0) is 17.1 Å². The predicted molar refractivity (Wildman–Crippen MR) is 125 cm³/mol. The topological polar surface area (TPSA) is 105 Å². The van der Waals surface area contributed by atoms with Crippen LogP contribution in [0.1, 0.15) is 25.1 Å². The molecule has 0 bridgehead atoms. The molecule has 0 N–H and O–H groups in total. The van der Waals surface area contributed by atoms with Gasteiger partial charge in [0.1, 0.15) is 17.5 Å². The van der Waals surface area contributed by atoms with E-state index in [4.69, 9.17) is 4.42 Å². The van der Waals surface area contributed by atoms with E-state index in [0.717, 1.165) is 30.5 Å². The molecule has 10 nitrogen and oxygen atoms in total. The Hall–Kier alpha value is -2.92. The van der Waals surface area contributed by atoms with Gasteiger partial charge in [-0.1, -0.05) is 0 Å². The number of anilines is 2. The van der Waals surface area contributed by atoms with Crippen LogP contribution in [0.3, 0.4) is 0 Å². The lowest BCUT2D eigenvalue weighted by molar-refractivity contribution is 0.383. The first-order valence-corrected chi connectivity index (χ1v) is 12.7. The van der Waals surface area contributed by atoms with Crippen LogP contribution in [0.25, 0.3) is 11.1 Å². The number of aromatic nitrogens is 3. The average molecular weight is 473 g/mol. The average Bonchev–Trinajstić information content (AvgIpc) is 3.12. The smallest absolute Gasteiger partial charge is 0.408 e. The Kier molecular flexibility index (Phi) is 5.61. The molecule has 0 spiro atoms. The Balaban J connectivity index is 1.33. The fourth-order valence-corrected chi connectivity index (χ4v) is 6.00. The van der Waals surface area contributed by atoms with Gasteiger partial charge in [0.05, 0.1) is 10.4 Å². The van der Waals surface area contributed by atoms with Crippen LogP contribution in [0.4, 0.5) is 11.6 Å². The zero-order valence-corrected chi connectivity index (χ0v) is 19.7. The summed E-state index contributed by atoms with van der Waals surface area (Å²) in [6, 6.07) is 6.55. The van der Waals surface area contributed by atoms with Crippen LogP contribution >= 0.6 is 0 Å². The van der Waals surface area contributed by atoms with Gasteiger partial charge in [-0.15, -0.1) is 0 Å². The first-order valence-electron chi connectivity index (χ1n) is 11.3. The highest BCUT2D eigenvalue weighted by Crippen LogP contribution is 2.26. The van der Waals surface area contributed by atoms with E-state index in [1.165, 1.54) is 46.3 Å². The van der Waals surface area contributed by atoms with Crippen molar-refractivity contribution in [3.63, 3.8) is 0 Å². The second-order valence-electron chi connectivity index (χ2n) is 8.63. The highest BCUT2D eigenvalue weighted by Gasteiger charge is 2.30. The lowest BCUT2D eigenvalue weighted by Gasteiger charge is -2.35. The number of benzene rings is 1. The van der Waals surface area contributed by atoms with Gasteiger partial charge in [-0.2, -0.15) is 4.31 Å². The molecule has 11 heteroatoms. The molecule has 3 aromatic rings. The van der Waals surface area contributed by atoms with Crippen molar-refractivity contribution in [1.82, 2.24) is 18.8 Å². The fraction of sp³-hybridized carbons (Fsp3) is 0.500. The van der Waals surface area contributed by atoms with Crippen molar-refractivity contribution in [1.29, 1.82) is 0 Å². The van der Waals surface area contributed by atoms with E-state index < -0.39 is 15.8 Å². The van der Waals surface area contributed by atoms with Crippen LogP contribution in [0, 0.1) is 6.92 Å². The largest absolute Gasteiger partial charge is 0.419 e. The monoisotopic (exact) mass is 472 g/mol. The first kappa shape index (κ1) is 21.9. The van der Waals surface area contributed by atoms with Crippen LogP contribution in [0.15, 0.2) is 38.4 Å². The molecule has 4 heterocycles. The van der Waals surface area contributed by atoms with E-state index in [1.54, 1.807) is 7.05 Å². The maximum absolute atomic E-state index is 13.3. The molecule has 2 aliphatic heterocycles. The lowest BCUT2D eigenvalue weighted by atomic mass is 10.1. The van der Waals surface area contributed by atoms with Gasteiger partial charge >= 0.3 is 5.76 Å². The molecule has 176 valence electrons. The van der Waals surface area contributed by atoms with Gasteiger partial charge in [0.15, 0.2) is 5.58 Å².